The number of epoxide rings is 1. The number of unbranched alkanes of at least 4 members (excludes halogenated alkanes) is 7. The second-order valence-electron chi connectivity index (χ2n) is 5.97. The minimum Gasteiger partial charge on any atom is -0.466 e. The standard InChI is InChI=1S/C17H30O4/c1-3-20-16(19)12-10-8-6-4-5-7-9-11-13-17(14-21-17)15(2)18/h3-14H2,1-2H3/t17-/m0/s1. The first-order valence-electron chi connectivity index (χ1n) is 8.41. The quantitative estimate of drug-likeness (QED) is 0.295. The summed E-state index contributed by atoms with van der Waals surface area (Å²) >= 11 is 0. The van der Waals surface area contributed by atoms with Crippen molar-refractivity contribution in [2.45, 2.75) is 83.7 Å². The molecule has 0 aromatic rings. The topological polar surface area (TPSA) is 55.9 Å². The lowest BCUT2D eigenvalue weighted by Crippen LogP contribution is -2.21. The molecule has 21 heavy (non-hydrogen) atoms. The van der Waals surface area contributed by atoms with Crippen molar-refractivity contribution in [1.82, 2.24) is 0 Å². The molecule has 1 aliphatic heterocycles. The maximum atomic E-state index is 11.3. The van der Waals surface area contributed by atoms with Gasteiger partial charge in [-0.3, -0.25) is 9.59 Å². The van der Waals surface area contributed by atoms with Crippen LogP contribution in [0.25, 0.3) is 0 Å². The van der Waals surface area contributed by atoms with E-state index in [2.05, 4.69) is 0 Å². The predicted molar refractivity (Wildman–Crippen MR) is 82.2 cm³/mol. The van der Waals surface area contributed by atoms with Gasteiger partial charge < -0.3 is 9.47 Å². The first kappa shape index (κ1) is 18.1. The van der Waals surface area contributed by atoms with Crippen molar-refractivity contribution in [2.75, 3.05) is 13.2 Å². The Hall–Kier alpha value is -0.900. The molecule has 0 N–H and O–H groups in total. The molecule has 0 aliphatic carbocycles. The van der Waals surface area contributed by atoms with Gasteiger partial charge in [-0.05, 0) is 26.7 Å². The average Bonchev–Trinajstić information content (AvgIpc) is 3.22. The number of carbonyl (C=O) groups excluding carboxylic acids is 2. The number of hydrogen-bond acceptors (Lipinski definition) is 4. The van der Waals surface area contributed by atoms with Crippen LogP contribution in [0.1, 0.15) is 78.1 Å². The van der Waals surface area contributed by atoms with Gasteiger partial charge in [0.05, 0.1) is 13.2 Å². The molecule has 0 spiro atoms. The second kappa shape index (κ2) is 9.93. The van der Waals surface area contributed by atoms with Crippen molar-refractivity contribution in [2.24, 2.45) is 0 Å². The van der Waals surface area contributed by atoms with Gasteiger partial charge in [-0.2, -0.15) is 0 Å². The first-order valence-corrected chi connectivity index (χ1v) is 8.41. The van der Waals surface area contributed by atoms with E-state index in [1.807, 2.05) is 6.92 Å². The summed E-state index contributed by atoms with van der Waals surface area (Å²) in [7, 11) is 0. The molecule has 0 aromatic heterocycles. The van der Waals surface area contributed by atoms with Crippen LogP contribution >= 0.6 is 0 Å². The number of hydrogen-bond donors (Lipinski definition) is 0. The highest BCUT2D eigenvalue weighted by molar-refractivity contribution is 5.87. The Morgan fingerprint density at radius 1 is 1.00 bits per heavy atom. The molecule has 4 nitrogen and oxygen atoms in total. The fourth-order valence-corrected chi connectivity index (χ4v) is 2.58. The van der Waals surface area contributed by atoms with Crippen LogP contribution in [0.2, 0.25) is 0 Å². The van der Waals surface area contributed by atoms with Crippen LogP contribution in [-0.4, -0.2) is 30.6 Å². The second-order valence-corrected chi connectivity index (χ2v) is 5.97. The van der Waals surface area contributed by atoms with E-state index >= 15 is 0 Å². The van der Waals surface area contributed by atoms with Crippen LogP contribution < -0.4 is 0 Å². The van der Waals surface area contributed by atoms with E-state index in [1.54, 1.807) is 6.92 Å². The van der Waals surface area contributed by atoms with E-state index in [-0.39, 0.29) is 11.8 Å². The van der Waals surface area contributed by atoms with Gasteiger partial charge >= 0.3 is 5.97 Å². The maximum Gasteiger partial charge on any atom is 0.305 e. The minimum atomic E-state index is -0.396. The van der Waals surface area contributed by atoms with E-state index in [4.69, 9.17) is 9.47 Å². The molecule has 1 rings (SSSR count). The zero-order chi connectivity index (χ0) is 15.6. The summed E-state index contributed by atoms with van der Waals surface area (Å²) < 4.78 is 10.2. The Morgan fingerprint density at radius 2 is 1.52 bits per heavy atom. The highest BCUT2D eigenvalue weighted by Crippen LogP contribution is 2.33. The molecule has 0 unspecified atom stereocenters. The molecule has 0 amide bonds. The molecule has 0 aromatic carbocycles. The average molecular weight is 298 g/mol. The third-order valence-electron chi connectivity index (χ3n) is 4.15. The molecular weight excluding hydrogens is 268 g/mol. The Morgan fingerprint density at radius 3 is 2.00 bits per heavy atom. The van der Waals surface area contributed by atoms with Crippen LogP contribution in [0.4, 0.5) is 0 Å². The SMILES string of the molecule is CCOC(=O)CCCCCCCCCC[C@@]1(C(C)=O)CO1. The fourth-order valence-electron chi connectivity index (χ4n) is 2.58. The molecule has 0 radical (unpaired) electrons. The van der Waals surface area contributed by atoms with Crippen molar-refractivity contribution < 1.29 is 19.1 Å². The summed E-state index contributed by atoms with van der Waals surface area (Å²) in [5.41, 5.74) is -0.396. The summed E-state index contributed by atoms with van der Waals surface area (Å²) in [6.07, 6.45) is 10.7. The monoisotopic (exact) mass is 298 g/mol. The molecule has 4 heteroatoms. The molecule has 1 aliphatic rings. The normalized spacial score (nSPS) is 20.3. The number of carbonyl (C=O) groups is 2. The molecule has 122 valence electrons. The van der Waals surface area contributed by atoms with Gasteiger partial charge in [-0.25, -0.2) is 0 Å². The molecular formula is C17H30O4. The lowest BCUT2D eigenvalue weighted by molar-refractivity contribution is -0.143. The van der Waals surface area contributed by atoms with Gasteiger partial charge in [0, 0.05) is 6.42 Å². The predicted octanol–water partition coefficient (Wildman–Crippen LogP) is 3.81. The number of rotatable bonds is 13. The lowest BCUT2D eigenvalue weighted by atomic mass is 9.97. The summed E-state index contributed by atoms with van der Waals surface area (Å²) in [6, 6.07) is 0. The molecule has 1 atom stereocenters. The molecule has 1 fully saturated rings. The van der Waals surface area contributed by atoms with Crippen molar-refractivity contribution >= 4 is 11.8 Å². The van der Waals surface area contributed by atoms with Crippen LogP contribution in [0.3, 0.4) is 0 Å². The Labute approximate surface area is 128 Å². The number of ether oxygens (including phenoxy) is 2. The summed E-state index contributed by atoms with van der Waals surface area (Å²) in [6.45, 7) is 4.58. The van der Waals surface area contributed by atoms with E-state index < -0.39 is 5.60 Å². The highest BCUT2D eigenvalue weighted by atomic mass is 16.6. The van der Waals surface area contributed by atoms with Gasteiger partial charge in [0.15, 0.2) is 5.78 Å². The smallest absolute Gasteiger partial charge is 0.305 e. The lowest BCUT2D eigenvalue weighted by Gasteiger charge is -2.07. The third-order valence-corrected chi connectivity index (χ3v) is 4.15. The van der Waals surface area contributed by atoms with Gasteiger partial charge in [-0.1, -0.05) is 44.9 Å². The van der Waals surface area contributed by atoms with E-state index in [0.29, 0.717) is 19.6 Å². The zero-order valence-electron chi connectivity index (χ0n) is 13.6. The number of Topliss-reactive ketones (excluding diaryl/α,β-unsaturated/α-hetero) is 1. The first-order chi connectivity index (χ1) is 10.1. The molecule has 0 saturated carbocycles. The maximum absolute atomic E-state index is 11.3. The molecule has 0 bridgehead atoms. The van der Waals surface area contributed by atoms with Gasteiger partial charge in [0.2, 0.25) is 0 Å². The van der Waals surface area contributed by atoms with E-state index in [9.17, 15) is 9.59 Å². The number of esters is 1. The van der Waals surface area contributed by atoms with Crippen molar-refractivity contribution in [3.8, 4) is 0 Å². The number of ketones is 1. The van der Waals surface area contributed by atoms with Crippen LogP contribution in [0.15, 0.2) is 0 Å². The summed E-state index contributed by atoms with van der Waals surface area (Å²) in [5.74, 6) is 0.114. The van der Waals surface area contributed by atoms with Crippen LogP contribution in [-0.2, 0) is 19.1 Å². The van der Waals surface area contributed by atoms with Gasteiger partial charge in [0.25, 0.3) is 0 Å². The molecule has 1 heterocycles. The van der Waals surface area contributed by atoms with Crippen molar-refractivity contribution in [3.63, 3.8) is 0 Å². The Bertz CT molecular complexity index is 321. The van der Waals surface area contributed by atoms with Crippen molar-refractivity contribution in [1.29, 1.82) is 0 Å². The zero-order valence-corrected chi connectivity index (χ0v) is 13.6. The third kappa shape index (κ3) is 7.60. The summed E-state index contributed by atoms with van der Waals surface area (Å²) in [4.78, 5) is 22.5. The van der Waals surface area contributed by atoms with Gasteiger partial charge in [-0.15, -0.1) is 0 Å². The molecule has 1 saturated heterocycles. The van der Waals surface area contributed by atoms with Gasteiger partial charge in [0.1, 0.15) is 5.60 Å². The minimum absolute atomic E-state index is 0.0702. The summed E-state index contributed by atoms with van der Waals surface area (Å²) in [5, 5.41) is 0. The fraction of sp³-hybridized carbons (Fsp3) is 0.882. The van der Waals surface area contributed by atoms with E-state index in [1.165, 1.54) is 32.1 Å². The van der Waals surface area contributed by atoms with Crippen molar-refractivity contribution in [3.05, 3.63) is 0 Å². The van der Waals surface area contributed by atoms with E-state index in [0.717, 1.165) is 25.7 Å². The highest BCUT2D eigenvalue weighted by Gasteiger charge is 2.48. The Kier molecular flexibility index (Phi) is 8.58. The Balaban J connectivity index is 1.81. The van der Waals surface area contributed by atoms with Crippen LogP contribution in [0.5, 0.6) is 0 Å². The van der Waals surface area contributed by atoms with Crippen LogP contribution in [0, 0.1) is 0 Å². The largest absolute Gasteiger partial charge is 0.466 e.